The third-order valence-corrected chi connectivity index (χ3v) is 11.5. The summed E-state index contributed by atoms with van der Waals surface area (Å²) in [6, 6.07) is 18.7. The van der Waals surface area contributed by atoms with E-state index in [2.05, 4.69) is 96.2 Å². The smallest absolute Gasteiger partial charge is 0.407 e. The molecule has 16 heteroatoms. The van der Waals surface area contributed by atoms with E-state index in [1.807, 2.05) is 24.9 Å². The van der Waals surface area contributed by atoms with Crippen LogP contribution in [0.25, 0.3) is 44.4 Å². The van der Waals surface area contributed by atoms with Crippen molar-refractivity contribution in [2.75, 3.05) is 27.3 Å². The Morgan fingerprint density at radius 3 is 1.79 bits per heavy atom. The number of aromatic amines is 2. The predicted molar refractivity (Wildman–Crippen MR) is 226 cm³/mol. The van der Waals surface area contributed by atoms with Gasteiger partial charge in [0.15, 0.2) is 6.04 Å². The van der Waals surface area contributed by atoms with E-state index in [0.717, 1.165) is 69.5 Å². The van der Waals surface area contributed by atoms with Crippen molar-refractivity contribution in [2.45, 2.75) is 63.7 Å². The van der Waals surface area contributed by atoms with Gasteiger partial charge in [0.25, 0.3) is 5.91 Å². The molecule has 3 aromatic carbocycles. The molecule has 2 aliphatic rings. The molecule has 2 aliphatic heterocycles. The highest BCUT2D eigenvalue weighted by molar-refractivity contribution is 5.91. The fourth-order valence-electron chi connectivity index (χ4n) is 8.31. The van der Waals surface area contributed by atoms with E-state index in [0.29, 0.717) is 31.0 Å². The Labute approximate surface area is 352 Å². The minimum Gasteiger partial charge on any atom is -0.453 e. The number of rotatable bonds is 11. The zero-order chi connectivity index (χ0) is 42.6. The number of imidazole rings is 2. The molecule has 5 heterocycles. The number of hydrogen-bond donors (Lipinski definition) is 4. The van der Waals surface area contributed by atoms with Gasteiger partial charge in [-0.05, 0) is 71.2 Å². The number of aromatic nitrogens is 6. The van der Waals surface area contributed by atoms with Gasteiger partial charge in [-0.25, -0.2) is 19.6 Å². The largest absolute Gasteiger partial charge is 0.453 e. The maximum atomic E-state index is 13.9. The zero-order valence-corrected chi connectivity index (χ0v) is 34.4. The molecule has 6 aromatic rings. The normalized spacial score (nSPS) is 17.3. The summed E-state index contributed by atoms with van der Waals surface area (Å²) in [6.07, 6.45) is 9.79. The number of carbonyl (C=O) groups is 4. The van der Waals surface area contributed by atoms with Crippen molar-refractivity contribution < 1.29 is 28.7 Å². The topological polar surface area (TPSA) is 200 Å². The Morgan fingerprint density at radius 1 is 0.656 bits per heavy atom. The number of alkyl carbamates (subject to hydrolysis) is 2. The standard InChI is InChI=1S/C45H48N10O6/c1-26(2)38(52-44(58)60-3)42(56)54-19-5-7-36(54)41-49-25-34(51-41)32-16-15-30-21-29(13-14-31(30)22-32)27-9-11-28(12-10-27)33-24-48-40(50-33)37-8-6-20-55(37)43(57)39(53-45(59)61-4)35-23-46-17-18-47-35/h9-18,21-26,36-39H,5-8,19-20H2,1-4H3,(H,48,50)(H,49,51)(H,52,58)(H,53,59)/t36-,37?,38-,39?/m0/s1. The van der Waals surface area contributed by atoms with Crippen molar-refractivity contribution in [3.8, 4) is 33.6 Å². The first-order valence-electron chi connectivity index (χ1n) is 20.4. The number of amides is 4. The third kappa shape index (κ3) is 8.51. The molecule has 2 saturated heterocycles. The number of benzene rings is 3. The van der Waals surface area contributed by atoms with Crippen LogP contribution in [0.5, 0.6) is 0 Å². The lowest BCUT2D eigenvalue weighted by Crippen LogP contribution is -2.51. The summed E-state index contributed by atoms with van der Waals surface area (Å²) < 4.78 is 9.55. The van der Waals surface area contributed by atoms with Gasteiger partial charge < -0.3 is 39.9 Å². The average Bonchev–Trinajstić information content (AvgIpc) is 4.14. The summed E-state index contributed by atoms with van der Waals surface area (Å²) in [5.74, 6) is 0.824. The molecule has 0 bridgehead atoms. The summed E-state index contributed by atoms with van der Waals surface area (Å²) in [5, 5.41) is 7.48. The lowest BCUT2D eigenvalue weighted by Gasteiger charge is -2.30. The van der Waals surface area contributed by atoms with E-state index in [9.17, 15) is 19.2 Å². The fourth-order valence-corrected chi connectivity index (χ4v) is 8.31. The number of H-pyrrole nitrogens is 2. The molecular weight excluding hydrogens is 777 g/mol. The lowest BCUT2D eigenvalue weighted by molar-refractivity contribution is -0.136. The van der Waals surface area contributed by atoms with E-state index in [1.54, 1.807) is 11.1 Å². The summed E-state index contributed by atoms with van der Waals surface area (Å²) in [5.41, 5.74) is 6.08. The zero-order valence-electron chi connectivity index (χ0n) is 34.4. The lowest BCUT2D eigenvalue weighted by atomic mass is 9.98. The van der Waals surface area contributed by atoms with E-state index < -0.39 is 24.3 Å². The fraction of sp³-hybridized carbons (Fsp3) is 0.333. The van der Waals surface area contributed by atoms with E-state index in [4.69, 9.17) is 14.5 Å². The highest BCUT2D eigenvalue weighted by Crippen LogP contribution is 2.36. The first kappa shape index (κ1) is 40.7. The number of nitrogens with one attached hydrogen (secondary N) is 4. The van der Waals surface area contributed by atoms with Gasteiger partial charge in [0.05, 0.1) is 62.0 Å². The third-order valence-electron chi connectivity index (χ3n) is 11.5. The second kappa shape index (κ2) is 17.6. The Hall–Kier alpha value is -7.10. The van der Waals surface area contributed by atoms with Crippen LogP contribution in [0.3, 0.4) is 0 Å². The maximum absolute atomic E-state index is 13.9. The molecule has 0 radical (unpaired) electrons. The molecule has 2 unspecified atom stereocenters. The summed E-state index contributed by atoms with van der Waals surface area (Å²) in [6.45, 7) is 4.90. The molecule has 8 rings (SSSR count). The van der Waals surface area contributed by atoms with Gasteiger partial charge in [-0.15, -0.1) is 0 Å². The SMILES string of the molecule is COC(=O)NC(C(=O)N1CCCC1c1ncc(-c2ccc(-c3ccc4cc(-c5cnc([C@@H]6CCCN6C(=O)[C@@H](NC(=O)OC)C(C)C)[nH]5)ccc4c3)cc2)[nH]1)c1cnccn1. The van der Waals surface area contributed by atoms with Crippen LogP contribution in [0.1, 0.15) is 75.0 Å². The van der Waals surface area contributed by atoms with Crippen molar-refractivity contribution in [3.05, 3.63) is 109 Å². The highest BCUT2D eigenvalue weighted by Gasteiger charge is 2.39. The monoisotopic (exact) mass is 824 g/mol. The molecule has 0 aliphatic carbocycles. The number of fused-ring (bicyclic) bond motifs is 1. The first-order chi connectivity index (χ1) is 29.6. The van der Waals surface area contributed by atoms with Crippen LogP contribution in [0, 0.1) is 5.92 Å². The Kier molecular flexibility index (Phi) is 11.8. The Morgan fingerprint density at radius 2 is 1.20 bits per heavy atom. The van der Waals surface area contributed by atoms with Gasteiger partial charge in [-0.1, -0.05) is 62.4 Å². The Bertz CT molecular complexity index is 2540. The molecule has 4 atom stereocenters. The number of hydrogen-bond acceptors (Lipinski definition) is 10. The molecule has 2 fully saturated rings. The molecular formula is C45H48N10O6. The van der Waals surface area contributed by atoms with Crippen LogP contribution in [-0.4, -0.2) is 97.1 Å². The van der Waals surface area contributed by atoms with Gasteiger partial charge in [0, 0.05) is 31.0 Å². The number of likely N-dealkylation sites (tertiary alicyclic amines) is 2. The van der Waals surface area contributed by atoms with E-state index in [-0.39, 0.29) is 29.8 Å². The molecule has 0 spiro atoms. The van der Waals surface area contributed by atoms with Crippen LogP contribution in [0.15, 0.2) is 91.6 Å². The molecule has 16 nitrogen and oxygen atoms in total. The van der Waals surface area contributed by atoms with Crippen LogP contribution in [-0.2, 0) is 19.1 Å². The van der Waals surface area contributed by atoms with Crippen molar-refractivity contribution in [1.82, 2.24) is 50.3 Å². The van der Waals surface area contributed by atoms with Crippen LogP contribution in [0.4, 0.5) is 9.59 Å². The predicted octanol–water partition coefficient (Wildman–Crippen LogP) is 6.88. The molecule has 4 amide bonds. The van der Waals surface area contributed by atoms with Crippen LogP contribution < -0.4 is 10.6 Å². The number of nitrogens with zero attached hydrogens (tertiary/aromatic N) is 6. The average molecular weight is 825 g/mol. The molecule has 0 saturated carbocycles. The number of methoxy groups -OCH3 is 2. The first-order valence-corrected chi connectivity index (χ1v) is 20.4. The van der Waals surface area contributed by atoms with E-state index in [1.165, 1.54) is 32.8 Å². The molecule has 314 valence electrons. The Balaban J connectivity index is 0.942. The summed E-state index contributed by atoms with van der Waals surface area (Å²) in [4.78, 5) is 79.8. The highest BCUT2D eigenvalue weighted by atomic mass is 16.5. The van der Waals surface area contributed by atoms with Gasteiger partial charge in [-0.2, -0.15) is 0 Å². The minimum atomic E-state index is -1.05. The summed E-state index contributed by atoms with van der Waals surface area (Å²) >= 11 is 0. The van der Waals surface area contributed by atoms with E-state index >= 15 is 0 Å². The second-order valence-electron chi connectivity index (χ2n) is 15.7. The maximum Gasteiger partial charge on any atom is 0.407 e. The van der Waals surface area contributed by atoms with Gasteiger partial charge in [-0.3, -0.25) is 19.6 Å². The van der Waals surface area contributed by atoms with Crippen LogP contribution in [0.2, 0.25) is 0 Å². The quantitative estimate of drug-likeness (QED) is 0.107. The van der Waals surface area contributed by atoms with Crippen molar-refractivity contribution in [2.24, 2.45) is 5.92 Å². The summed E-state index contributed by atoms with van der Waals surface area (Å²) in [7, 11) is 2.54. The molecule has 4 N–H and O–H groups in total. The second-order valence-corrected chi connectivity index (χ2v) is 15.7. The van der Waals surface area contributed by atoms with Gasteiger partial charge in [0.2, 0.25) is 5.91 Å². The minimum absolute atomic E-state index is 0.111. The van der Waals surface area contributed by atoms with Crippen LogP contribution >= 0.6 is 0 Å². The molecule has 61 heavy (non-hydrogen) atoms. The van der Waals surface area contributed by atoms with Crippen molar-refractivity contribution in [1.29, 1.82) is 0 Å². The van der Waals surface area contributed by atoms with Crippen molar-refractivity contribution in [3.63, 3.8) is 0 Å². The van der Waals surface area contributed by atoms with Gasteiger partial charge >= 0.3 is 12.2 Å². The number of ether oxygens (including phenoxy) is 2. The van der Waals surface area contributed by atoms with Crippen molar-refractivity contribution >= 4 is 34.8 Å². The number of carbonyl (C=O) groups excluding carboxylic acids is 4. The van der Waals surface area contributed by atoms with Gasteiger partial charge in [0.1, 0.15) is 17.7 Å². The molecule has 3 aromatic heterocycles.